The molecular weight excluding hydrogens is 556 g/mol. The number of anilines is 1. The molecule has 0 spiro atoms. The number of fused-ring (bicyclic) bond motifs is 1. The molecule has 0 bridgehead atoms. The molecule has 11 nitrogen and oxygen atoms in total. The summed E-state index contributed by atoms with van der Waals surface area (Å²) in [5.41, 5.74) is 2.14. The number of aliphatic carboxylic acids is 2. The lowest BCUT2D eigenvalue weighted by Gasteiger charge is -2.29. The number of hydrogen-bond donors (Lipinski definition) is 4. The maximum Gasteiger partial charge on any atom is 0.490 e. The lowest BCUT2D eigenvalue weighted by Crippen LogP contribution is -2.38. The fourth-order valence-electron chi connectivity index (χ4n) is 3.19. The molecule has 0 aliphatic carbocycles. The number of amides is 1. The molecule has 17 heteroatoms. The van der Waals surface area contributed by atoms with Crippen LogP contribution in [0.4, 0.5) is 32.0 Å². The number of halogens is 6. The Kier molecular flexibility index (Phi) is 10.8. The molecule has 1 saturated heterocycles. The number of carboxylic acid groups (broad SMARTS) is 2. The number of benzene rings is 1. The molecule has 1 aromatic carbocycles. The molecule has 4 N–H and O–H groups in total. The number of carboxylic acids is 2. The summed E-state index contributed by atoms with van der Waals surface area (Å²) in [6.45, 7) is 2.01. The number of H-pyrrole nitrogens is 1. The van der Waals surface area contributed by atoms with Gasteiger partial charge in [0.2, 0.25) is 5.88 Å². The van der Waals surface area contributed by atoms with Crippen LogP contribution in [-0.4, -0.2) is 86.7 Å². The lowest BCUT2D eigenvalue weighted by molar-refractivity contribution is -0.193. The fourth-order valence-corrected chi connectivity index (χ4v) is 3.19. The highest BCUT2D eigenvalue weighted by molar-refractivity contribution is 6.04. The van der Waals surface area contributed by atoms with Gasteiger partial charge in [-0.2, -0.15) is 31.4 Å². The Morgan fingerprint density at radius 3 is 2.17 bits per heavy atom. The Bertz CT molecular complexity index is 1270. The van der Waals surface area contributed by atoms with Crippen LogP contribution in [0.3, 0.4) is 0 Å². The average molecular weight is 579 g/mol. The third-order valence-electron chi connectivity index (χ3n) is 5.05. The molecule has 1 unspecified atom stereocenters. The van der Waals surface area contributed by atoms with Gasteiger partial charge in [0.1, 0.15) is 6.10 Å². The topological polar surface area (TPSA) is 158 Å². The van der Waals surface area contributed by atoms with Crippen molar-refractivity contribution in [3.63, 3.8) is 0 Å². The summed E-state index contributed by atoms with van der Waals surface area (Å²) in [4.78, 5) is 36.7. The number of hydrogen-bond acceptors (Lipinski definition) is 7. The number of nitrogens with one attached hydrogen (secondary N) is 2. The summed E-state index contributed by atoms with van der Waals surface area (Å²) in [6.07, 6.45) is -4.58. The minimum atomic E-state index is -5.08. The van der Waals surface area contributed by atoms with Crippen LogP contribution in [0.5, 0.6) is 5.88 Å². The summed E-state index contributed by atoms with van der Waals surface area (Å²) in [5, 5.41) is 24.9. The van der Waals surface area contributed by atoms with Gasteiger partial charge in [-0.15, -0.1) is 0 Å². The number of aromatic amines is 1. The van der Waals surface area contributed by atoms with E-state index in [1.165, 1.54) is 0 Å². The van der Waals surface area contributed by atoms with Crippen molar-refractivity contribution in [3.8, 4) is 5.88 Å². The second kappa shape index (κ2) is 13.6. The van der Waals surface area contributed by atoms with Gasteiger partial charge >= 0.3 is 24.3 Å². The minimum Gasteiger partial charge on any atom is -0.475 e. The third kappa shape index (κ3) is 10.4. The van der Waals surface area contributed by atoms with E-state index in [4.69, 9.17) is 24.5 Å². The van der Waals surface area contributed by atoms with Crippen LogP contribution in [0.2, 0.25) is 0 Å². The second-order valence-electron chi connectivity index (χ2n) is 8.26. The largest absolute Gasteiger partial charge is 0.490 e. The Morgan fingerprint density at radius 1 is 1.02 bits per heavy atom. The Labute approximate surface area is 221 Å². The summed E-state index contributed by atoms with van der Waals surface area (Å²) >= 11 is 0. The SMILES string of the molecule is CN1CCCC(Oc2ccc(C(=O)Nc3ccc4[nH]ncc4c3)cn2)C1.O=C(O)C(F)(F)F.O=C(O)C(F)(F)F. The van der Waals surface area contributed by atoms with Crippen molar-refractivity contribution < 1.29 is 55.7 Å². The van der Waals surface area contributed by atoms with Gasteiger partial charge in [0.15, 0.2) is 0 Å². The molecule has 1 aliphatic rings. The van der Waals surface area contributed by atoms with E-state index < -0.39 is 24.3 Å². The zero-order chi connectivity index (χ0) is 30.1. The number of pyridine rings is 1. The quantitative estimate of drug-likeness (QED) is 0.336. The van der Waals surface area contributed by atoms with Crippen molar-refractivity contribution in [2.24, 2.45) is 0 Å². The van der Waals surface area contributed by atoms with E-state index in [-0.39, 0.29) is 12.0 Å². The van der Waals surface area contributed by atoms with Crippen molar-refractivity contribution in [3.05, 3.63) is 48.3 Å². The van der Waals surface area contributed by atoms with Crippen LogP contribution < -0.4 is 10.1 Å². The Balaban J connectivity index is 0.000000333. The van der Waals surface area contributed by atoms with Crippen molar-refractivity contribution in [1.29, 1.82) is 0 Å². The van der Waals surface area contributed by atoms with E-state index in [1.807, 2.05) is 18.2 Å². The Morgan fingerprint density at radius 2 is 1.65 bits per heavy atom. The number of likely N-dealkylation sites (tertiary alicyclic amines) is 1. The molecule has 218 valence electrons. The van der Waals surface area contributed by atoms with E-state index in [0.717, 1.165) is 42.5 Å². The normalized spacial score (nSPS) is 15.6. The number of carbonyl (C=O) groups is 3. The number of ether oxygens (including phenoxy) is 1. The Hall–Kier alpha value is -4.41. The van der Waals surface area contributed by atoms with Crippen molar-refractivity contribution in [2.75, 3.05) is 25.5 Å². The zero-order valence-corrected chi connectivity index (χ0v) is 20.6. The standard InChI is InChI=1S/C19H21N5O2.2C2HF3O2/c1-24-8-2-3-16(12-24)26-18-7-4-13(10-20-18)19(25)22-15-5-6-17-14(9-15)11-21-23-17;2*3-2(4,5)1(6)7/h4-7,9-11,16H,2-3,8,12H2,1H3,(H,21,23)(H,22,25);2*(H,6,7). The van der Waals surface area contributed by atoms with E-state index in [9.17, 15) is 31.1 Å². The van der Waals surface area contributed by atoms with E-state index in [0.29, 0.717) is 11.4 Å². The maximum absolute atomic E-state index is 12.4. The van der Waals surface area contributed by atoms with E-state index in [2.05, 4.69) is 32.4 Å². The predicted molar refractivity (Wildman–Crippen MR) is 127 cm³/mol. The smallest absolute Gasteiger partial charge is 0.475 e. The number of carbonyl (C=O) groups excluding carboxylic acids is 1. The van der Waals surface area contributed by atoms with Gasteiger partial charge in [-0.05, 0) is 50.7 Å². The summed E-state index contributed by atoms with van der Waals surface area (Å²) in [6, 6.07) is 9.09. The molecule has 1 aliphatic heterocycles. The van der Waals surface area contributed by atoms with Crippen LogP contribution in [0.25, 0.3) is 10.9 Å². The van der Waals surface area contributed by atoms with Crippen LogP contribution in [0.15, 0.2) is 42.7 Å². The molecular formula is C23H23F6N5O6. The number of nitrogens with zero attached hydrogens (tertiary/aromatic N) is 3. The molecule has 0 radical (unpaired) electrons. The van der Waals surface area contributed by atoms with E-state index >= 15 is 0 Å². The molecule has 1 atom stereocenters. The van der Waals surface area contributed by atoms with Gasteiger partial charge in [0.05, 0.1) is 17.3 Å². The number of piperidine rings is 1. The first-order chi connectivity index (χ1) is 18.6. The highest BCUT2D eigenvalue weighted by Gasteiger charge is 2.38. The van der Waals surface area contributed by atoms with Crippen LogP contribution in [0, 0.1) is 0 Å². The first kappa shape index (κ1) is 31.8. The van der Waals surface area contributed by atoms with E-state index in [1.54, 1.807) is 24.5 Å². The first-order valence-corrected chi connectivity index (χ1v) is 11.2. The van der Waals surface area contributed by atoms with Gasteiger partial charge in [-0.1, -0.05) is 0 Å². The van der Waals surface area contributed by atoms with Crippen LogP contribution in [0.1, 0.15) is 23.2 Å². The number of rotatable bonds is 4. The second-order valence-corrected chi connectivity index (χ2v) is 8.26. The van der Waals surface area contributed by atoms with Crippen molar-refractivity contribution in [2.45, 2.75) is 31.3 Å². The summed E-state index contributed by atoms with van der Waals surface area (Å²) in [7, 11) is 2.09. The van der Waals surface area contributed by atoms with Gasteiger partial charge in [-0.3, -0.25) is 9.89 Å². The summed E-state index contributed by atoms with van der Waals surface area (Å²) in [5.74, 6) is -5.16. The van der Waals surface area contributed by atoms with Crippen LogP contribution in [-0.2, 0) is 9.59 Å². The van der Waals surface area contributed by atoms with Crippen molar-refractivity contribution in [1.82, 2.24) is 20.1 Å². The lowest BCUT2D eigenvalue weighted by atomic mass is 10.1. The molecule has 2 aromatic heterocycles. The molecule has 0 saturated carbocycles. The molecule has 1 fully saturated rings. The van der Waals surface area contributed by atoms with Gasteiger partial charge < -0.3 is 25.2 Å². The van der Waals surface area contributed by atoms with Crippen LogP contribution >= 0.6 is 0 Å². The maximum atomic E-state index is 12.4. The molecule has 3 heterocycles. The molecule has 4 rings (SSSR count). The first-order valence-electron chi connectivity index (χ1n) is 11.2. The highest BCUT2D eigenvalue weighted by Crippen LogP contribution is 2.19. The number of likely N-dealkylation sites (N-methyl/N-ethyl adjacent to an activating group) is 1. The molecule has 3 aromatic rings. The number of aromatic nitrogens is 3. The van der Waals surface area contributed by atoms with Gasteiger partial charge in [0.25, 0.3) is 5.91 Å². The van der Waals surface area contributed by atoms with Gasteiger partial charge in [-0.25, -0.2) is 14.6 Å². The summed E-state index contributed by atoms with van der Waals surface area (Å²) < 4.78 is 69.4. The monoisotopic (exact) mass is 579 g/mol. The number of alkyl halides is 6. The molecule has 1 amide bonds. The fraction of sp³-hybridized carbons (Fsp3) is 0.348. The minimum absolute atomic E-state index is 0.155. The molecule has 40 heavy (non-hydrogen) atoms. The third-order valence-corrected chi connectivity index (χ3v) is 5.05. The average Bonchev–Trinajstić information content (AvgIpc) is 3.32. The predicted octanol–water partition coefficient (Wildman–Crippen LogP) is 3.95. The van der Waals surface area contributed by atoms with Gasteiger partial charge in [0, 0.05) is 29.9 Å². The van der Waals surface area contributed by atoms with Crippen molar-refractivity contribution >= 4 is 34.4 Å². The zero-order valence-electron chi connectivity index (χ0n) is 20.6. The highest BCUT2D eigenvalue weighted by atomic mass is 19.4.